The average Bonchev–Trinajstić information content (AvgIpc) is 2.38. The van der Waals surface area contributed by atoms with Crippen molar-refractivity contribution >= 4 is 29.1 Å². The van der Waals surface area contributed by atoms with Gasteiger partial charge in [0.25, 0.3) is 0 Å². The summed E-state index contributed by atoms with van der Waals surface area (Å²) in [6.45, 7) is 6.16. The lowest BCUT2D eigenvalue weighted by Gasteiger charge is -2.31. The number of ether oxygens (including phenoxy) is 1. The topological polar surface area (TPSA) is 38.5 Å². The van der Waals surface area contributed by atoms with E-state index >= 15 is 0 Å². The van der Waals surface area contributed by atoms with Crippen LogP contribution in [0.15, 0.2) is 23.1 Å². The molecule has 1 aromatic rings. The predicted octanol–water partition coefficient (Wildman–Crippen LogP) is 2.74. The van der Waals surface area contributed by atoms with Crippen molar-refractivity contribution in [3.05, 3.63) is 23.2 Å². The van der Waals surface area contributed by atoms with Crippen molar-refractivity contribution in [2.24, 2.45) is 0 Å². The first-order valence-electron chi connectivity index (χ1n) is 6.21. The second kappa shape index (κ2) is 6.66. The van der Waals surface area contributed by atoms with Crippen molar-refractivity contribution in [3.8, 4) is 0 Å². The number of halogens is 1. The fraction of sp³-hybridized carbons (Fsp3) is 0.538. The summed E-state index contributed by atoms with van der Waals surface area (Å²) >= 11 is 7.89. The first-order chi connectivity index (χ1) is 8.69. The van der Waals surface area contributed by atoms with Crippen LogP contribution < -0.4 is 5.73 Å². The predicted molar refractivity (Wildman–Crippen MR) is 78.4 cm³/mol. The Kier molecular flexibility index (Phi) is 5.18. The molecule has 1 aliphatic heterocycles. The summed E-state index contributed by atoms with van der Waals surface area (Å²) in [5.74, 6) is 0.931. The molecule has 1 aliphatic rings. The number of likely N-dealkylation sites (N-methyl/N-ethyl adjacent to an activating group) is 1. The van der Waals surface area contributed by atoms with Crippen molar-refractivity contribution in [3.63, 3.8) is 0 Å². The van der Waals surface area contributed by atoms with Crippen molar-refractivity contribution in [2.45, 2.75) is 17.9 Å². The van der Waals surface area contributed by atoms with Gasteiger partial charge in [0.1, 0.15) is 0 Å². The molecule has 0 spiro atoms. The quantitative estimate of drug-likeness (QED) is 0.682. The van der Waals surface area contributed by atoms with Crippen LogP contribution in [0.2, 0.25) is 5.02 Å². The SMILES string of the molecule is CCN1CCOC(CSc2ccc(N)cc2Cl)C1. The zero-order valence-electron chi connectivity index (χ0n) is 10.6. The van der Waals surface area contributed by atoms with Crippen molar-refractivity contribution < 1.29 is 4.74 Å². The monoisotopic (exact) mass is 286 g/mol. The molecule has 1 heterocycles. The number of nitrogens with zero attached hydrogens (tertiary/aromatic N) is 1. The van der Waals surface area contributed by atoms with E-state index in [9.17, 15) is 0 Å². The molecule has 18 heavy (non-hydrogen) atoms. The molecule has 0 saturated carbocycles. The van der Waals surface area contributed by atoms with E-state index in [0.29, 0.717) is 5.69 Å². The van der Waals surface area contributed by atoms with E-state index in [2.05, 4.69) is 11.8 Å². The van der Waals surface area contributed by atoms with Gasteiger partial charge in [-0.1, -0.05) is 18.5 Å². The minimum Gasteiger partial charge on any atom is -0.399 e. The molecule has 1 aromatic carbocycles. The van der Waals surface area contributed by atoms with Gasteiger partial charge in [-0.15, -0.1) is 11.8 Å². The van der Waals surface area contributed by atoms with E-state index < -0.39 is 0 Å². The average molecular weight is 287 g/mol. The third-order valence-electron chi connectivity index (χ3n) is 3.05. The fourth-order valence-electron chi connectivity index (χ4n) is 1.99. The molecule has 5 heteroatoms. The van der Waals surface area contributed by atoms with Crippen LogP contribution in [0.1, 0.15) is 6.92 Å². The minimum atomic E-state index is 0.289. The molecule has 0 radical (unpaired) electrons. The third-order valence-corrected chi connectivity index (χ3v) is 4.68. The Morgan fingerprint density at radius 2 is 2.39 bits per heavy atom. The van der Waals surface area contributed by atoms with Crippen LogP contribution in [0.4, 0.5) is 5.69 Å². The lowest BCUT2D eigenvalue weighted by Crippen LogP contribution is -2.43. The summed E-state index contributed by atoms with van der Waals surface area (Å²) < 4.78 is 5.77. The van der Waals surface area contributed by atoms with E-state index in [1.807, 2.05) is 12.1 Å². The summed E-state index contributed by atoms with van der Waals surface area (Å²) in [6.07, 6.45) is 0.289. The number of nitrogens with two attached hydrogens (primary N) is 1. The maximum atomic E-state index is 6.15. The number of anilines is 1. The third kappa shape index (κ3) is 3.79. The molecular weight excluding hydrogens is 268 g/mol. The summed E-state index contributed by atoms with van der Waals surface area (Å²) in [7, 11) is 0. The highest BCUT2D eigenvalue weighted by molar-refractivity contribution is 7.99. The number of hydrogen-bond acceptors (Lipinski definition) is 4. The smallest absolute Gasteiger partial charge is 0.0796 e. The molecule has 1 atom stereocenters. The molecule has 1 saturated heterocycles. The highest BCUT2D eigenvalue weighted by Gasteiger charge is 2.19. The van der Waals surface area contributed by atoms with Gasteiger partial charge in [-0.2, -0.15) is 0 Å². The molecule has 0 aliphatic carbocycles. The number of morpholine rings is 1. The molecule has 0 bridgehead atoms. The van der Waals surface area contributed by atoms with Gasteiger partial charge in [-0.05, 0) is 24.7 Å². The van der Waals surface area contributed by atoms with Crippen LogP contribution in [0.3, 0.4) is 0 Å². The second-order valence-corrected chi connectivity index (χ2v) is 5.86. The molecular formula is C13H19ClN2OS. The minimum absolute atomic E-state index is 0.289. The Balaban J connectivity index is 1.87. The fourth-order valence-corrected chi connectivity index (χ4v) is 3.27. The Bertz CT molecular complexity index is 403. The first kappa shape index (κ1) is 14.0. The molecule has 3 nitrogen and oxygen atoms in total. The molecule has 0 amide bonds. The Morgan fingerprint density at radius 3 is 3.11 bits per heavy atom. The van der Waals surface area contributed by atoms with Crippen LogP contribution in [0.5, 0.6) is 0 Å². The summed E-state index contributed by atoms with van der Waals surface area (Å²) in [5.41, 5.74) is 6.38. The van der Waals surface area contributed by atoms with E-state index in [-0.39, 0.29) is 6.10 Å². The zero-order chi connectivity index (χ0) is 13.0. The second-order valence-electron chi connectivity index (χ2n) is 4.39. The van der Waals surface area contributed by atoms with Gasteiger partial charge in [-0.25, -0.2) is 0 Å². The van der Waals surface area contributed by atoms with Gasteiger partial charge >= 0.3 is 0 Å². The number of benzene rings is 1. The van der Waals surface area contributed by atoms with Gasteiger partial charge in [0.2, 0.25) is 0 Å². The highest BCUT2D eigenvalue weighted by atomic mass is 35.5. The Hall–Kier alpha value is -0.420. The molecule has 0 aromatic heterocycles. The van der Waals surface area contributed by atoms with E-state index in [1.54, 1.807) is 17.8 Å². The Morgan fingerprint density at radius 1 is 1.56 bits per heavy atom. The summed E-state index contributed by atoms with van der Waals surface area (Å²) in [4.78, 5) is 3.49. The van der Waals surface area contributed by atoms with Gasteiger partial charge in [0.15, 0.2) is 0 Å². The molecule has 1 unspecified atom stereocenters. The number of hydrogen-bond donors (Lipinski definition) is 1. The van der Waals surface area contributed by atoms with Gasteiger partial charge < -0.3 is 10.5 Å². The molecule has 2 rings (SSSR count). The largest absolute Gasteiger partial charge is 0.399 e. The highest BCUT2D eigenvalue weighted by Crippen LogP contribution is 2.29. The van der Waals surface area contributed by atoms with E-state index in [1.165, 1.54) is 0 Å². The first-order valence-corrected chi connectivity index (χ1v) is 7.57. The molecule has 100 valence electrons. The van der Waals surface area contributed by atoms with E-state index in [0.717, 1.165) is 41.9 Å². The summed E-state index contributed by atoms with van der Waals surface area (Å²) in [5, 5.41) is 0.725. The summed E-state index contributed by atoms with van der Waals surface area (Å²) in [6, 6.07) is 5.65. The van der Waals surface area contributed by atoms with Crippen LogP contribution in [-0.2, 0) is 4.74 Å². The zero-order valence-corrected chi connectivity index (χ0v) is 12.1. The maximum absolute atomic E-state index is 6.15. The van der Waals surface area contributed by atoms with Gasteiger partial charge in [-0.3, -0.25) is 4.90 Å². The normalized spacial score (nSPS) is 21.1. The Labute approximate surface area is 118 Å². The van der Waals surface area contributed by atoms with Gasteiger partial charge in [0.05, 0.1) is 17.7 Å². The van der Waals surface area contributed by atoms with Crippen molar-refractivity contribution in [1.82, 2.24) is 4.90 Å². The molecule has 1 fully saturated rings. The maximum Gasteiger partial charge on any atom is 0.0796 e. The number of rotatable bonds is 4. The van der Waals surface area contributed by atoms with Crippen LogP contribution in [0.25, 0.3) is 0 Å². The van der Waals surface area contributed by atoms with Crippen LogP contribution in [-0.4, -0.2) is 43.0 Å². The molecule has 2 N–H and O–H groups in total. The standard InChI is InChI=1S/C13H19ClN2OS/c1-2-16-5-6-17-11(8-16)9-18-13-4-3-10(15)7-12(13)14/h3-4,7,11H,2,5-6,8-9,15H2,1H3. The lowest BCUT2D eigenvalue weighted by atomic mass is 10.3. The van der Waals surface area contributed by atoms with Crippen molar-refractivity contribution in [2.75, 3.05) is 37.7 Å². The number of thioether (sulfide) groups is 1. The van der Waals surface area contributed by atoms with Gasteiger partial charge in [0, 0.05) is 29.4 Å². The van der Waals surface area contributed by atoms with E-state index in [4.69, 9.17) is 22.1 Å². The van der Waals surface area contributed by atoms with Crippen molar-refractivity contribution in [1.29, 1.82) is 0 Å². The van der Waals surface area contributed by atoms with Crippen LogP contribution in [0, 0.1) is 0 Å². The van der Waals surface area contributed by atoms with Crippen LogP contribution >= 0.6 is 23.4 Å². The number of nitrogen functional groups attached to an aromatic ring is 1. The lowest BCUT2D eigenvalue weighted by molar-refractivity contribution is -0.0137.